The van der Waals surface area contributed by atoms with Gasteiger partial charge in [0.15, 0.2) is 0 Å². The van der Waals surface area contributed by atoms with Crippen LogP contribution in [0, 0.1) is 5.82 Å². The monoisotopic (exact) mass is 328 g/mol. The molecule has 23 heavy (non-hydrogen) atoms. The molecule has 2 atom stereocenters. The highest BCUT2D eigenvalue weighted by molar-refractivity contribution is 6.31. The second-order valence-electron chi connectivity index (χ2n) is 5.55. The van der Waals surface area contributed by atoms with Gasteiger partial charge in [0.2, 0.25) is 5.95 Å². The lowest BCUT2D eigenvalue weighted by atomic mass is 9.93. The van der Waals surface area contributed by atoms with E-state index in [0.29, 0.717) is 5.95 Å². The summed E-state index contributed by atoms with van der Waals surface area (Å²) in [6.45, 7) is 0. The maximum Gasteiger partial charge on any atom is 0.222 e. The molecule has 1 N–H and O–H groups in total. The molecule has 0 saturated heterocycles. The first-order chi connectivity index (χ1) is 11.2. The van der Waals surface area contributed by atoms with Gasteiger partial charge in [0.1, 0.15) is 12.1 Å². The molecule has 116 valence electrons. The molecule has 4 rings (SSSR count). The molecule has 0 fully saturated rings. The first kappa shape index (κ1) is 14.2. The Hall–Kier alpha value is -2.40. The van der Waals surface area contributed by atoms with Crippen molar-refractivity contribution in [3.05, 3.63) is 76.8 Å². The molecule has 1 aromatic heterocycles. The van der Waals surface area contributed by atoms with Gasteiger partial charge in [0.25, 0.3) is 0 Å². The Labute approximate surface area is 137 Å². The summed E-state index contributed by atoms with van der Waals surface area (Å²) in [5.74, 6) is 0.444. The highest BCUT2D eigenvalue weighted by atomic mass is 35.5. The van der Waals surface area contributed by atoms with Gasteiger partial charge < -0.3 is 5.32 Å². The quantitative estimate of drug-likeness (QED) is 0.766. The smallest absolute Gasteiger partial charge is 0.222 e. The molecule has 4 nitrogen and oxygen atoms in total. The van der Waals surface area contributed by atoms with Gasteiger partial charge in [-0.25, -0.2) is 9.07 Å². The van der Waals surface area contributed by atoms with Crippen LogP contribution in [0.2, 0.25) is 5.02 Å². The van der Waals surface area contributed by atoms with E-state index >= 15 is 0 Å². The summed E-state index contributed by atoms with van der Waals surface area (Å²) in [6.07, 6.45) is 2.28. The standard InChI is InChI=1S/C17H14ClFN4/c18-14-4-2-1-3-13(14)15-9-16(11-5-7-12(19)8-6-11)23-17(22-15)20-10-21-23/h1-8,10,15-16H,9H2,(H,20,21,22)/t15-,16+/m0/s1. The maximum absolute atomic E-state index is 13.2. The Morgan fingerprint density at radius 1 is 1.13 bits per heavy atom. The van der Waals surface area contributed by atoms with Crippen molar-refractivity contribution in [2.45, 2.75) is 18.5 Å². The number of hydrogen-bond donors (Lipinski definition) is 1. The second kappa shape index (κ2) is 5.66. The predicted molar refractivity (Wildman–Crippen MR) is 87.0 cm³/mol. The van der Waals surface area contributed by atoms with Crippen molar-refractivity contribution in [3.8, 4) is 0 Å². The molecule has 0 spiro atoms. The van der Waals surface area contributed by atoms with E-state index in [4.69, 9.17) is 11.6 Å². The number of halogens is 2. The molecule has 0 amide bonds. The number of fused-ring (bicyclic) bond motifs is 1. The fraction of sp³-hybridized carbons (Fsp3) is 0.176. The molecule has 3 aromatic rings. The van der Waals surface area contributed by atoms with Crippen LogP contribution in [0.5, 0.6) is 0 Å². The van der Waals surface area contributed by atoms with Crippen molar-refractivity contribution in [2.24, 2.45) is 0 Å². The summed E-state index contributed by atoms with van der Waals surface area (Å²) in [4.78, 5) is 4.28. The lowest BCUT2D eigenvalue weighted by Gasteiger charge is -2.32. The molecule has 2 aromatic carbocycles. The third kappa shape index (κ3) is 2.57. The van der Waals surface area contributed by atoms with Crippen molar-refractivity contribution < 1.29 is 4.39 Å². The molecule has 6 heteroatoms. The second-order valence-corrected chi connectivity index (χ2v) is 5.96. The zero-order chi connectivity index (χ0) is 15.8. The van der Waals surface area contributed by atoms with Gasteiger partial charge in [0.05, 0.1) is 12.1 Å². The number of rotatable bonds is 2. The summed E-state index contributed by atoms with van der Waals surface area (Å²) < 4.78 is 15.1. The molecule has 0 radical (unpaired) electrons. The summed E-state index contributed by atoms with van der Waals surface area (Å²) in [7, 11) is 0. The molecular formula is C17H14ClFN4. The van der Waals surface area contributed by atoms with Gasteiger partial charge in [-0.15, -0.1) is 0 Å². The zero-order valence-corrected chi connectivity index (χ0v) is 12.9. The summed E-state index contributed by atoms with van der Waals surface area (Å²) in [5.41, 5.74) is 2.02. The topological polar surface area (TPSA) is 42.7 Å². The normalized spacial score (nSPS) is 19.9. The van der Waals surface area contributed by atoms with Crippen LogP contribution in [0.3, 0.4) is 0 Å². The fourth-order valence-corrected chi connectivity index (χ4v) is 3.31. The van der Waals surface area contributed by atoms with E-state index in [9.17, 15) is 4.39 Å². The van der Waals surface area contributed by atoms with E-state index in [1.807, 2.05) is 28.9 Å². The molecule has 0 aliphatic carbocycles. The van der Waals surface area contributed by atoms with Crippen molar-refractivity contribution >= 4 is 17.5 Å². The molecular weight excluding hydrogens is 315 g/mol. The van der Waals surface area contributed by atoms with Crippen LogP contribution >= 0.6 is 11.6 Å². The van der Waals surface area contributed by atoms with Crippen LogP contribution in [0.15, 0.2) is 54.9 Å². The van der Waals surface area contributed by atoms with Gasteiger partial charge in [-0.05, 0) is 35.7 Å². The van der Waals surface area contributed by atoms with Gasteiger partial charge in [0, 0.05) is 5.02 Å². The number of benzene rings is 2. The molecule has 0 bridgehead atoms. The average molecular weight is 329 g/mol. The minimum absolute atomic E-state index is 0.0179. The number of aromatic nitrogens is 3. The Balaban J connectivity index is 1.75. The van der Waals surface area contributed by atoms with Gasteiger partial charge >= 0.3 is 0 Å². The lowest BCUT2D eigenvalue weighted by Crippen LogP contribution is -2.28. The molecule has 0 saturated carbocycles. The van der Waals surface area contributed by atoms with Gasteiger partial charge in [-0.1, -0.05) is 41.9 Å². The highest BCUT2D eigenvalue weighted by Crippen LogP contribution is 2.39. The number of nitrogens with one attached hydrogen (secondary N) is 1. The minimum atomic E-state index is -0.246. The van der Waals surface area contributed by atoms with Crippen LogP contribution in [0.4, 0.5) is 10.3 Å². The SMILES string of the molecule is Fc1ccc([C@H]2C[C@@H](c3ccccc3Cl)Nc3ncnn32)cc1. The predicted octanol–water partition coefficient (Wildman–Crippen LogP) is 4.22. The first-order valence-electron chi connectivity index (χ1n) is 7.38. The van der Waals surface area contributed by atoms with E-state index in [1.54, 1.807) is 12.1 Å². The first-order valence-corrected chi connectivity index (χ1v) is 7.76. The molecule has 2 heterocycles. The largest absolute Gasteiger partial charge is 0.347 e. The van der Waals surface area contributed by atoms with Crippen LogP contribution < -0.4 is 5.32 Å². The van der Waals surface area contributed by atoms with E-state index in [0.717, 1.165) is 22.6 Å². The van der Waals surface area contributed by atoms with E-state index in [2.05, 4.69) is 15.4 Å². The fourth-order valence-electron chi connectivity index (χ4n) is 3.04. The van der Waals surface area contributed by atoms with E-state index in [-0.39, 0.29) is 17.9 Å². The molecule has 1 aliphatic heterocycles. The third-order valence-corrected chi connectivity index (χ3v) is 4.51. The van der Waals surface area contributed by atoms with Crippen LogP contribution in [0.1, 0.15) is 29.6 Å². The Morgan fingerprint density at radius 3 is 2.70 bits per heavy atom. The van der Waals surface area contributed by atoms with E-state index < -0.39 is 0 Å². The van der Waals surface area contributed by atoms with Gasteiger partial charge in [-0.2, -0.15) is 10.1 Å². The Kier molecular flexibility index (Phi) is 3.50. The lowest BCUT2D eigenvalue weighted by molar-refractivity contribution is 0.430. The van der Waals surface area contributed by atoms with E-state index in [1.165, 1.54) is 18.5 Å². The van der Waals surface area contributed by atoms with Crippen molar-refractivity contribution in [1.29, 1.82) is 0 Å². The van der Waals surface area contributed by atoms with Crippen LogP contribution in [-0.4, -0.2) is 14.8 Å². The summed E-state index contributed by atoms with van der Waals surface area (Å²) in [6, 6.07) is 14.3. The number of hydrogen-bond acceptors (Lipinski definition) is 3. The van der Waals surface area contributed by atoms with Crippen LogP contribution in [0.25, 0.3) is 0 Å². The Morgan fingerprint density at radius 2 is 1.91 bits per heavy atom. The van der Waals surface area contributed by atoms with Crippen LogP contribution in [-0.2, 0) is 0 Å². The number of nitrogens with zero attached hydrogens (tertiary/aromatic N) is 3. The highest BCUT2D eigenvalue weighted by Gasteiger charge is 2.30. The summed E-state index contributed by atoms with van der Waals surface area (Å²) in [5, 5.41) is 8.40. The third-order valence-electron chi connectivity index (χ3n) is 4.17. The van der Waals surface area contributed by atoms with Crippen molar-refractivity contribution in [1.82, 2.24) is 14.8 Å². The minimum Gasteiger partial charge on any atom is -0.347 e. The summed E-state index contributed by atoms with van der Waals surface area (Å²) >= 11 is 6.34. The molecule has 0 unspecified atom stereocenters. The zero-order valence-electron chi connectivity index (χ0n) is 12.2. The average Bonchev–Trinajstić information content (AvgIpc) is 3.04. The van der Waals surface area contributed by atoms with Crippen molar-refractivity contribution in [3.63, 3.8) is 0 Å². The molecule has 1 aliphatic rings. The van der Waals surface area contributed by atoms with Gasteiger partial charge in [-0.3, -0.25) is 0 Å². The Bertz CT molecular complexity index is 831. The maximum atomic E-state index is 13.2. The van der Waals surface area contributed by atoms with Crippen molar-refractivity contribution in [2.75, 3.05) is 5.32 Å². The number of anilines is 1.